The summed E-state index contributed by atoms with van der Waals surface area (Å²) in [4.78, 5) is 24.1. The molecule has 0 saturated carbocycles. The van der Waals surface area contributed by atoms with Crippen LogP contribution in [0.25, 0.3) is 0 Å². The molecule has 0 spiro atoms. The summed E-state index contributed by atoms with van der Waals surface area (Å²) < 4.78 is 23.1. The molecule has 1 amide bonds. The minimum atomic E-state index is -0.987. The maximum Gasteiger partial charge on any atom is 0.306 e. The van der Waals surface area contributed by atoms with Crippen LogP contribution in [-0.2, 0) is 20.7 Å². The molecule has 26 heavy (non-hydrogen) atoms. The SMILES string of the molecule is COc1ccc(Cl)cc1NC(=O)[C@H](C)OC(=O)CCc1ccc(F)cc1. The van der Waals surface area contributed by atoms with Crippen molar-refractivity contribution in [3.05, 3.63) is 58.9 Å². The van der Waals surface area contributed by atoms with Crippen molar-refractivity contribution in [1.82, 2.24) is 0 Å². The van der Waals surface area contributed by atoms with Gasteiger partial charge in [0.05, 0.1) is 12.8 Å². The van der Waals surface area contributed by atoms with Gasteiger partial charge in [0.25, 0.3) is 5.91 Å². The van der Waals surface area contributed by atoms with E-state index in [9.17, 15) is 14.0 Å². The molecule has 0 aromatic heterocycles. The highest BCUT2D eigenvalue weighted by molar-refractivity contribution is 6.31. The van der Waals surface area contributed by atoms with Crippen LogP contribution >= 0.6 is 11.6 Å². The fourth-order valence-electron chi connectivity index (χ4n) is 2.22. The van der Waals surface area contributed by atoms with Crippen molar-refractivity contribution in [2.24, 2.45) is 0 Å². The Morgan fingerprint density at radius 2 is 1.88 bits per heavy atom. The number of methoxy groups -OCH3 is 1. The molecule has 0 radical (unpaired) electrons. The zero-order valence-corrected chi connectivity index (χ0v) is 15.2. The normalized spacial score (nSPS) is 11.5. The van der Waals surface area contributed by atoms with Crippen molar-refractivity contribution >= 4 is 29.2 Å². The van der Waals surface area contributed by atoms with E-state index in [2.05, 4.69) is 5.32 Å². The first-order chi connectivity index (χ1) is 12.4. The predicted molar refractivity (Wildman–Crippen MR) is 96.9 cm³/mol. The van der Waals surface area contributed by atoms with Crippen molar-refractivity contribution in [3.8, 4) is 5.75 Å². The van der Waals surface area contributed by atoms with Gasteiger partial charge < -0.3 is 14.8 Å². The topological polar surface area (TPSA) is 64.6 Å². The third-order valence-electron chi connectivity index (χ3n) is 3.63. The molecule has 0 fully saturated rings. The van der Waals surface area contributed by atoms with Gasteiger partial charge >= 0.3 is 5.97 Å². The first kappa shape index (κ1) is 19.7. The Hall–Kier alpha value is -2.60. The van der Waals surface area contributed by atoms with Crippen LogP contribution in [0.15, 0.2) is 42.5 Å². The van der Waals surface area contributed by atoms with E-state index in [1.165, 1.54) is 26.2 Å². The molecule has 0 aliphatic carbocycles. The maximum atomic E-state index is 12.9. The van der Waals surface area contributed by atoms with Gasteiger partial charge in [-0.25, -0.2) is 4.39 Å². The Kier molecular flexibility index (Phi) is 6.97. The number of rotatable bonds is 7. The number of carbonyl (C=O) groups excluding carboxylic acids is 2. The van der Waals surface area contributed by atoms with Crippen molar-refractivity contribution in [3.63, 3.8) is 0 Å². The summed E-state index contributed by atoms with van der Waals surface area (Å²) in [5.41, 5.74) is 1.20. The Morgan fingerprint density at radius 1 is 1.19 bits per heavy atom. The van der Waals surface area contributed by atoms with Gasteiger partial charge in [-0.3, -0.25) is 9.59 Å². The molecular formula is C19H19ClFNO4. The number of carbonyl (C=O) groups is 2. The Morgan fingerprint density at radius 3 is 2.54 bits per heavy atom. The molecule has 1 atom stereocenters. The van der Waals surface area contributed by atoms with Crippen LogP contribution < -0.4 is 10.1 Å². The fourth-order valence-corrected chi connectivity index (χ4v) is 2.39. The molecule has 0 heterocycles. The van der Waals surface area contributed by atoms with Gasteiger partial charge in [-0.2, -0.15) is 0 Å². The molecule has 0 saturated heterocycles. The average molecular weight is 380 g/mol. The molecular weight excluding hydrogens is 361 g/mol. The first-order valence-electron chi connectivity index (χ1n) is 7.97. The van der Waals surface area contributed by atoms with E-state index >= 15 is 0 Å². The second kappa shape index (κ2) is 9.20. The van der Waals surface area contributed by atoms with Gasteiger partial charge in [-0.15, -0.1) is 0 Å². The molecule has 2 rings (SSSR count). The van der Waals surface area contributed by atoms with Gasteiger partial charge in [-0.1, -0.05) is 23.7 Å². The molecule has 7 heteroatoms. The van der Waals surface area contributed by atoms with Crippen LogP contribution in [0.1, 0.15) is 18.9 Å². The second-order valence-electron chi connectivity index (χ2n) is 5.59. The number of amides is 1. The fraction of sp³-hybridized carbons (Fsp3) is 0.263. The van der Waals surface area contributed by atoms with Gasteiger partial charge in [-0.05, 0) is 49.2 Å². The van der Waals surface area contributed by atoms with Crippen molar-refractivity contribution < 1.29 is 23.5 Å². The zero-order valence-electron chi connectivity index (χ0n) is 14.4. The van der Waals surface area contributed by atoms with Crippen LogP contribution in [0.3, 0.4) is 0 Å². The molecule has 138 valence electrons. The standard InChI is InChI=1S/C19H19ClFNO4/c1-12(19(24)22-16-11-14(20)6-9-17(16)25-2)26-18(23)10-5-13-3-7-15(21)8-4-13/h3-4,6-9,11-12H,5,10H2,1-2H3,(H,22,24)/t12-/m0/s1. The molecule has 1 N–H and O–H groups in total. The van der Waals surface area contributed by atoms with Crippen molar-refractivity contribution in [2.45, 2.75) is 25.9 Å². The lowest BCUT2D eigenvalue weighted by Gasteiger charge is -2.15. The number of anilines is 1. The van der Waals surface area contributed by atoms with Crippen molar-refractivity contribution in [1.29, 1.82) is 0 Å². The van der Waals surface area contributed by atoms with E-state index in [1.54, 1.807) is 30.3 Å². The molecule has 0 bridgehead atoms. The molecule has 5 nitrogen and oxygen atoms in total. The van der Waals surface area contributed by atoms with Crippen LogP contribution in [0.5, 0.6) is 5.75 Å². The minimum Gasteiger partial charge on any atom is -0.495 e. The average Bonchev–Trinajstić information content (AvgIpc) is 2.61. The quantitative estimate of drug-likeness (QED) is 0.739. The molecule has 0 aliphatic heterocycles. The molecule has 0 unspecified atom stereocenters. The van der Waals surface area contributed by atoms with Gasteiger partial charge in [0.1, 0.15) is 11.6 Å². The second-order valence-corrected chi connectivity index (χ2v) is 6.03. The molecule has 2 aromatic rings. The summed E-state index contributed by atoms with van der Waals surface area (Å²) in [5.74, 6) is -0.911. The largest absolute Gasteiger partial charge is 0.495 e. The summed E-state index contributed by atoms with van der Waals surface area (Å²) in [6.45, 7) is 1.47. The Bertz CT molecular complexity index is 780. The highest BCUT2D eigenvalue weighted by Gasteiger charge is 2.19. The molecule has 0 aliphatic rings. The van der Waals surface area contributed by atoms with Crippen molar-refractivity contribution in [2.75, 3.05) is 12.4 Å². The predicted octanol–water partition coefficient (Wildman–Crippen LogP) is 3.99. The van der Waals surface area contributed by atoms with E-state index in [0.29, 0.717) is 22.9 Å². The minimum absolute atomic E-state index is 0.0870. The summed E-state index contributed by atoms with van der Waals surface area (Å²) in [6.07, 6.45) is -0.501. The highest BCUT2D eigenvalue weighted by Crippen LogP contribution is 2.27. The zero-order chi connectivity index (χ0) is 19.1. The lowest BCUT2D eigenvalue weighted by molar-refractivity contribution is -0.153. The van der Waals surface area contributed by atoms with Gasteiger partial charge in [0.15, 0.2) is 6.10 Å². The number of ether oxygens (including phenoxy) is 2. The number of hydrogen-bond acceptors (Lipinski definition) is 4. The lowest BCUT2D eigenvalue weighted by atomic mass is 10.1. The summed E-state index contributed by atoms with van der Waals surface area (Å²) in [5, 5.41) is 3.06. The van der Waals surface area contributed by atoms with E-state index in [4.69, 9.17) is 21.1 Å². The Balaban J connectivity index is 1.87. The summed E-state index contributed by atoms with van der Waals surface area (Å²) in [7, 11) is 1.47. The lowest BCUT2D eigenvalue weighted by Crippen LogP contribution is -2.30. The number of halogens is 2. The third-order valence-corrected chi connectivity index (χ3v) is 3.86. The Labute approximate surface area is 156 Å². The summed E-state index contributed by atoms with van der Waals surface area (Å²) in [6, 6.07) is 10.7. The van der Waals surface area contributed by atoms with Gasteiger partial charge in [0, 0.05) is 11.4 Å². The monoisotopic (exact) mass is 379 g/mol. The van der Waals surface area contributed by atoms with Crippen LogP contribution in [0.2, 0.25) is 5.02 Å². The van der Waals surface area contributed by atoms with Crippen LogP contribution in [-0.4, -0.2) is 25.1 Å². The highest BCUT2D eigenvalue weighted by atomic mass is 35.5. The first-order valence-corrected chi connectivity index (χ1v) is 8.35. The van der Waals surface area contributed by atoms with Gasteiger partial charge in [0.2, 0.25) is 0 Å². The molecule has 2 aromatic carbocycles. The smallest absolute Gasteiger partial charge is 0.306 e. The summed E-state index contributed by atoms with van der Waals surface area (Å²) >= 11 is 5.91. The number of benzene rings is 2. The van der Waals surface area contributed by atoms with E-state index in [1.807, 2.05) is 0 Å². The maximum absolute atomic E-state index is 12.9. The van der Waals surface area contributed by atoms with E-state index in [-0.39, 0.29) is 12.2 Å². The third kappa shape index (κ3) is 5.74. The van der Waals surface area contributed by atoms with E-state index in [0.717, 1.165) is 5.56 Å². The van der Waals surface area contributed by atoms with Crippen LogP contribution in [0.4, 0.5) is 10.1 Å². The number of nitrogens with one attached hydrogen (secondary N) is 1. The number of hydrogen-bond donors (Lipinski definition) is 1. The number of esters is 1. The van der Waals surface area contributed by atoms with Crippen LogP contribution in [0, 0.1) is 5.82 Å². The van der Waals surface area contributed by atoms with E-state index < -0.39 is 18.0 Å². The number of aryl methyl sites for hydroxylation is 1.